The van der Waals surface area contributed by atoms with Gasteiger partial charge in [0.05, 0.1) is 0 Å². The number of hydrogen-bond acceptors (Lipinski definition) is 4. The highest BCUT2D eigenvalue weighted by atomic mass is 16.1. The third-order valence-electron chi connectivity index (χ3n) is 3.72. The second-order valence-corrected chi connectivity index (χ2v) is 5.60. The number of hydrogen-bond donors (Lipinski definition) is 2. The SMILES string of the molecule is O=C(NCCc1ccccc1)c1ccnc(NCc2ccccc2)n1. The predicted octanol–water partition coefficient (Wildman–Crippen LogP) is 3.06. The van der Waals surface area contributed by atoms with Gasteiger partial charge in [-0.25, -0.2) is 9.97 Å². The highest BCUT2D eigenvalue weighted by molar-refractivity contribution is 5.92. The zero-order valence-corrected chi connectivity index (χ0v) is 13.9. The van der Waals surface area contributed by atoms with Crippen molar-refractivity contribution >= 4 is 11.9 Å². The minimum absolute atomic E-state index is 0.193. The lowest BCUT2D eigenvalue weighted by Gasteiger charge is -2.07. The summed E-state index contributed by atoms with van der Waals surface area (Å²) in [4.78, 5) is 20.7. The summed E-state index contributed by atoms with van der Waals surface area (Å²) >= 11 is 0. The molecule has 2 aromatic carbocycles. The van der Waals surface area contributed by atoms with Crippen molar-refractivity contribution in [3.63, 3.8) is 0 Å². The molecule has 0 fully saturated rings. The lowest BCUT2D eigenvalue weighted by molar-refractivity contribution is 0.0949. The topological polar surface area (TPSA) is 66.9 Å². The maximum Gasteiger partial charge on any atom is 0.270 e. The van der Waals surface area contributed by atoms with Gasteiger partial charge in [0.1, 0.15) is 5.69 Å². The van der Waals surface area contributed by atoms with Gasteiger partial charge in [-0.2, -0.15) is 0 Å². The predicted molar refractivity (Wildman–Crippen MR) is 98.3 cm³/mol. The summed E-state index contributed by atoms with van der Waals surface area (Å²) < 4.78 is 0. The van der Waals surface area contributed by atoms with Gasteiger partial charge in [-0.1, -0.05) is 60.7 Å². The van der Waals surface area contributed by atoms with E-state index in [0.717, 1.165) is 12.0 Å². The number of carbonyl (C=O) groups is 1. The lowest BCUT2D eigenvalue weighted by Crippen LogP contribution is -2.26. The highest BCUT2D eigenvalue weighted by Crippen LogP contribution is 2.05. The van der Waals surface area contributed by atoms with E-state index >= 15 is 0 Å². The number of nitrogens with zero attached hydrogens (tertiary/aromatic N) is 2. The van der Waals surface area contributed by atoms with Gasteiger partial charge in [-0.3, -0.25) is 4.79 Å². The van der Waals surface area contributed by atoms with Gasteiger partial charge in [0.25, 0.3) is 5.91 Å². The Balaban J connectivity index is 1.52. The van der Waals surface area contributed by atoms with Gasteiger partial charge in [-0.05, 0) is 23.6 Å². The van der Waals surface area contributed by atoms with Crippen LogP contribution in [0.2, 0.25) is 0 Å². The molecule has 0 saturated heterocycles. The molecule has 0 bridgehead atoms. The van der Waals surface area contributed by atoms with Crippen LogP contribution in [0.1, 0.15) is 21.6 Å². The van der Waals surface area contributed by atoms with Crippen molar-refractivity contribution in [2.45, 2.75) is 13.0 Å². The van der Waals surface area contributed by atoms with Crippen molar-refractivity contribution < 1.29 is 4.79 Å². The molecule has 0 saturated carbocycles. The molecule has 3 aromatic rings. The summed E-state index contributed by atoms with van der Waals surface area (Å²) in [5.41, 5.74) is 2.68. The number of amides is 1. The van der Waals surface area contributed by atoms with Crippen molar-refractivity contribution in [2.24, 2.45) is 0 Å². The van der Waals surface area contributed by atoms with Crippen molar-refractivity contribution in [3.05, 3.63) is 89.7 Å². The molecular formula is C20H20N4O. The third kappa shape index (κ3) is 5.14. The normalized spacial score (nSPS) is 10.2. The van der Waals surface area contributed by atoms with Gasteiger partial charge < -0.3 is 10.6 Å². The van der Waals surface area contributed by atoms with Gasteiger partial charge in [0, 0.05) is 19.3 Å². The van der Waals surface area contributed by atoms with Crippen LogP contribution < -0.4 is 10.6 Å². The van der Waals surface area contributed by atoms with Crippen LogP contribution in [-0.2, 0) is 13.0 Å². The first-order chi connectivity index (χ1) is 12.3. The smallest absolute Gasteiger partial charge is 0.270 e. The third-order valence-corrected chi connectivity index (χ3v) is 3.72. The summed E-state index contributed by atoms with van der Waals surface area (Å²) in [6, 6.07) is 21.6. The van der Waals surface area contributed by atoms with Crippen molar-refractivity contribution in [1.82, 2.24) is 15.3 Å². The Morgan fingerprint density at radius 2 is 1.56 bits per heavy atom. The first kappa shape index (κ1) is 16.6. The Morgan fingerprint density at radius 1 is 0.880 bits per heavy atom. The van der Waals surface area contributed by atoms with Crippen molar-refractivity contribution in [1.29, 1.82) is 0 Å². The largest absolute Gasteiger partial charge is 0.350 e. The average molecular weight is 332 g/mol. The number of carbonyl (C=O) groups excluding carboxylic acids is 1. The first-order valence-corrected chi connectivity index (χ1v) is 8.24. The lowest BCUT2D eigenvalue weighted by atomic mass is 10.1. The van der Waals surface area contributed by atoms with E-state index in [-0.39, 0.29) is 5.91 Å². The van der Waals surface area contributed by atoms with Gasteiger partial charge in [0.2, 0.25) is 5.95 Å². The molecule has 1 aromatic heterocycles. The van der Waals surface area contributed by atoms with Crippen LogP contribution in [0, 0.1) is 0 Å². The molecule has 25 heavy (non-hydrogen) atoms. The summed E-state index contributed by atoms with van der Waals surface area (Å²) in [7, 11) is 0. The standard InChI is InChI=1S/C20H20N4O/c25-19(21-13-11-16-7-3-1-4-8-16)18-12-14-22-20(24-18)23-15-17-9-5-2-6-10-17/h1-10,12,14H,11,13,15H2,(H,21,25)(H,22,23,24). The zero-order valence-electron chi connectivity index (χ0n) is 13.9. The monoisotopic (exact) mass is 332 g/mol. The molecule has 1 heterocycles. The molecule has 0 unspecified atom stereocenters. The summed E-state index contributed by atoms with van der Waals surface area (Å²) in [6.45, 7) is 1.18. The first-order valence-electron chi connectivity index (χ1n) is 8.24. The van der Waals surface area contributed by atoms with E-state index in [0.29, 0.717) is 24.7 Å². The van der Waals surface area contributed by atoms with E-state index in [1.807, 2.05) is 60.7 Å². The molecule has 3 rings (SSSR count). The molecule has 0 atom stereocenters. The van der Waals surface area contributed by atoms with E-state index in [1.165, 1.54) is 5.56 Å². The van der Waals surface area contributed by atoms with Gasteiger partial charge in [0.15, 0.2) is 0 Å². The van der Waals surface area contributed by atoms with Crippen LogP contribution in [-0.4, -0.2) is 22.4 Å². The molecule has 0 aliphatic heterocycles. The van der Waals surface area contributed by atoms with Crippen LogP contribution in [0.25, 0.3) is 0 Å². The van der Waals surface area contributed by atoms with E-state index in [9.17, 15) is 4.79 Å². The Morgan fingerprint density at radius 3 is 2.28 bits per heavy atom. The Hall–Kier alpha value is -3.21. The molecule has 0 aliphatic rings. The second kappa shape index (κ2) is 8.59. The highest BCUT2D eigenvalue weighted by Gasteiger charge is 2.08. The van der Waals surface area contributed by atoms with Crippen LogP contribution in [0.3, 0.4) is 0 Å². The molecule has 126 valence electrons. The Labute approximate surface area is 147 Å². The average Bonchev–Trinajstić information content (AvgIpc) is 2.68. The minimum atomic E-state index is -0.193. The van der Waals surface area contributed by atoms with E-state index in [1.54, 1.807) is 12.3 Å². The number of rotatable bonds is 7. The number of nitrogens with one attached hydrogen (secondary N) is 2. The van der Waals surface area contributed by atoms with E-state index in [2.05, 4.69) is 20.6 Å². The summed E-state index contributed by atoms with van der Waals surface area (Å²) in [5.74, 6) is 0.251. The fraction of sp³-hybridized carbons (Fsp3) is 0.150. The second-order valence-electron chi connectivity index (χ2n) is 5.60. The molecule has 0 aliphatic carbocycles. The molecule has 2 N–H and O–H groups in total. The number of anilines is 1. The fourth-order valence-electron chi connectivity index (χ4n) is 2.40. The van der Waals surface area contributed by atoms with Gasteiger partial charge in [-0.15, -0.1) is 0 Å². The summed E-state index contributed by atoms with van der Waals surface area (Å²) in [6.07, 6.45) is 2.38. The molecule has 1 amide bonds. The Kier molecular flexibility index (Phi) is 5.72. The molecule has 5 heteroatoms. The molecule has 0 radical (unpaired) electrons. The molecular weight excluding hydrogens is 312 g/mol. The minimum Gasteiger partial charge on any atom is -0.350 e. The van der Waals surface area contributed by atoms with Crippen LogP contribution >= 0.6 is 0 Å². The fourth-order valence-corrected chi connectivity index (χ4v) is 2.40. The zero-order chi connectivity index (χ0) is 17.3. The molecule has 0 spiro atoms. The van der Waals surface area contributed by atoms with Crippen LogP contribution in [0.15, 0.2) is 72.9 Å². The maximum absolute atomic E-state index is 12.2. The van der Waals surface area contributed by atoms with Gasteiger partial charge >= 0.3 is 0 Å². The Bertz CT molecular complexity index is 806. The van der Waals surface area contributed by atoms with E-state index in [4.69, 9.17) is 0 Å². The van der Waals surface area contributed by atoms with Crippen LogP contribution in [0.4, 0.5) is 5.95 Å². The maximum atomic E-state index is 12.2. The summed E-state index contributed by atoms with van der Waals surface area (Å²) in [5, 5.41) is 6.03. The van der Waals surface area contributed by atoms with E-state index < -0.39 is 0 Å². The number of benzene rings is 2. The molecule has 5 nitrogen and oxygen atoms in total. The van der Waals surface area contributed by atoms with Crippen molar-refractivity contribution in [2.75, 3.05) is 11.9 Å². The number of aromatic nitrogens is 2. The van der Waals surface area contributed by atoms with Crippen molar-refractivity contribution in [3.8, 4) is 0 Å². The van der Waals surface area contributed by atoms with Crippen LogP contribution in [0.5, 0.6) is 0 Å². The quantitative estimate of drug-likeness (QED) is 0.698.